The van der Waals surface area contributed by atoms with Gasteiger partial charge in [0.1, 0.15) is 12.3 Å². The summed E-state index contributed by atoms with van der Waals surface area (Å²) in [5.74, 6) is 0.0925. The molecule has 0 radical (unpaired) electrons. The topological polar surface area (TPSA) is 75.7 Å². The average molecular weight is 342 g/mol. The first-order chi connectivity index (χ1) is 10.8. The molecule has 1 rings (SSSR count). The molecule has 1 aromatic rings. The molecule has 7 heteroatoms. The molecule has 23 heavy (non-hydrogen) atoms. The van der Waals surface area contributed by atoms with E-state index in [0.29, 0.717) is 18.0 Å². The highest BCUT2D eigenvalue weighted by Crippen LogP contribution is 2.30. The van der Waals surface area contributed by atoms with Crippen LogP contribution in [-0.4, -0.2) is 40.8 Å². The highest BCUT2D eigenvalue weighted by molar-refractivity contribution is 7.92. The van der Waals surface area contributed by atoms with E-state index in [2.05, 4.69) is 12.2 Å². The van der Waals surface area contributed by atoms with Crippen molar-refractivity contribution in [2.75, 3.05) is 30.8 Å². The summed E-state index contributed by atoms with van der Waals surface area (Å²) in [5.41, 5.74) is 1.26. The lowest BCUT2D eigenvalue weighted by atomic mass is 10.2. The predicted molar refractivity (Wildman–Crippen MR) is 92.5 cm³/mol. The van der Waals surface area contributed by atoms with Crippen LogP contribution in [0, 0.1) is 6.92 Å². The zero-order valence-corrected chi connectivity index (χ0v) is 15.1. The number of carbonyl (C=O) groups excluding carboxylic acids is 1. The Morgan fingerprint density at radius 2 is 2.00 bits per heavy atom. The van der Waals surface area contributed by atoms with Crippen molar-refractivity contribution in [3.63, 3.8) is 0 Å². The fourth-order valence-corrected chi connectivity index (χ4v) is 3.02. The third-order valence-electron chi connectivity index (χ3n) is 3.39. The van der Waals surface area contributed by atoms with Gasteiger partial charge in [0.15, 0.2) is 0 Å². The highest BCUT2D eigenvalue weighted by Gasteiger charge is 2.23. The number of nitrogens with one attached hydrogen (secondary N) is 1. The Labute approximate surface area is 138 Å². The number of sulfonamides is 1. The second-order valence-corrected chi connectivity index (χ2v) is 7.41. The lowest BCUT2D eigenvalue weighted by molar-refractivity contribution is -0.119. The van der Waals surface area contributed by atoms with Crippen molar-refractivity contribution in [2.45, 2.75) is 33.1 Å². The number of aryl methyl sites for hydroxylation is 1. The Morgan fingerprint density at radius 3 is 2.57 bits per heavy atom. The number of methoxy groups -OCH3 is 1. The minimum Gasteiger partial charge on any atom is -0.495 e. The van der Waals surface area contributed by atoms with Gasteiger partial charge in [0.2, 0.25) is 15.9 Å². The molecule has 1 N–H and O–H groups in total. The maximum atomic E-state index is 12.1. The van der Waals surface area contributed by atoms with E-state index in [9.17, 15) is 13.2 Å². The lowest BCUT2D eigenvalue weighted by Crippen LogP contribution is -2.40. The first-order valence-corrected chi connectivity index (χ1v) is 9.53. The van der Waals surface area contributed by atoms with Gasteiger partial charge in [-0.1, -0.05) is 25.8 Å². The van der Waals surface area contributed by atoms with Crippen molar-refractivity contribution >= 4 is 21.6 Å². The average Bonchev–Trinajstić information content (AvgIpc) is 2.48. The largest absolute Gasteiger partial charge is 0.495 e. The molecule has 0 aliphatic heterocycles. The molecule has 130 valence electrons. The molecule has 0 heterocycles. The Kier molecular flexibility index (Phi) is 7.35. The van der Waals surface area contributed by atoms with E-state index in [4.69, 9.17) is 4.74 Å². The van der Waals surface area contributed by atoms with Crippen molar-refractivity contribution in [3.05, 3.63) is 23.8 Å². The van der Waals surface area contributed by atoms with Crippen molar-refractivity contribution in [1.29, 1.82) is 0 Å². The summed E-state index contributed by atoms with van der Waals surface area (Å²) in [6, 6.07) is 5.22. The van der Waals surface area contributed by atoms with Crippen LogP contribution < -0.4 is 14.4 Å². The zero-order valence-electron chi connectivity index (χ0n) is 14.3. The van der Waals surface area contributed by atoms with Gasteiger partial charge in [-0.15, -0.1) is 0 Å². The number of hydrogen-bond acceptors (Lipinski definition) is 4. The van der Waals surface area contributed by atoms with E-state index in [0.717, 1.165) is 35.4 Å². The number of unbranched alkanes of at least 4 members (excludes halogenated alkanes) is 2. The number of ether oxygens (including phenoxy) is 1. The zero-order chi connectivity index (χ0) is 17.5. The van der Waals surface area contributed by atoms with Crippen LogP contribution in [0.1, 0.15) is 31.7 Å². The third kappa shape index (κ3) is 6.09. The standard InChI is InChI=1S/C16H26N2O4S/c1-5-6-7-10-17-16(19)12-18(23(4,20)21)14-11-13(2)8-9-15(14)22-3/h8-9,11H,5-7,10,12H2,1-4H3,(H,17,19). The third-order valence-corrected chi connectivity index (χ3v) is 4.52. The number of carbonyl (C=O) groups is 1. The predicted octanol–water partition coefficient (Wildman–Crippen LogP) is 2.08. The normalized spacial score (nSPS) is 11.1. The summed E-state index contributed by atoms with van der Waals surface area (Å²) >= 11 is 0. The fraction of sp³-hybridized carbons (Fsp3) is 0.562. The molecule has 0 bridgehead atoms. The maximum absolute atomic E-state index is 12.1. The number of benzene rings is 1. The SMILES string of the molecule is CCCCCNC(=O)CN(c1cc(C)ccc1OC)S(C)(=O)=O. The second-order valence-electron chi connectivity index (χ2n) is 5.50. The van der Waals surface area contributed by atoms with E-state index in [1.165, 1.54) is 7.11 Å². The summed E-state index contributed by atoms with van der Waals surface area (Å²) in [5, 5.41) is 2.76. The van der Waals surface area contributed by atoms with Crippen LogP contribution in [0.5, 0.6) is 5.75 Å². The fourth-order valence-electron chi connectivity index (χ4n) is 2.17. The van der Waals surface area contributed by atoms with Gasteiger partial charge in [-0.25, -0.2) is 8.42 Å². The van der Waals surface area contributed by atoms with E-state index in [1.54, 1.807) is 12.1 Å². The first-order valence-electron chi connectivity index (χ1n) is 7.68. The Morgan fingerprint density at radius 1 is 1.30 bits per heavy atom. The smallest absolute Gasteiger partial charge is 0.240 e. The van der Waals surface area contributed by atoms with E-state index in [1.807, 2.05) is 13.0 Å². The number of hydrogen-bond donors (Lipinski definition) is 1. The number of rotatable bonds is 9. The van der Waals surface area contributed by atoms with Crippen LogP contribution >= 0.6 is 0 Å². The molecule has 0 atom stereocenters. The summed E-state index contributed by atoms with van der Waals surface area (Å²) in [6.07, 6.45) is 4.06. The second kappa shape index (κ2) is 8.76. The van der Waals surface area contributed by atoms with Gasteiger partial charge in [0.25, 0.3) is 0 Å². The van der Waals surface area contributed by atoms with Crippen molar-refractivity contribution in [3.8, 4) is 5.75 Å². The maximum Gasteiger partial charge on any atom is 0.240 e. The van der Waals surface area contributed by atoms with Crippen molar-refractivity contribution in [2.24, 2.45) is 0 Å². The molecule has 0 aliphatic carbocycles. The van der Waals surface area contributed by atoms with Crippen LogP contribution in [0.15, 0.2) is 18.2 Å². The molecule has 0 saturated heterocycles. The van der Waals surface area contributed by atoms with E-state index < -0.39 is 10.0 Å². The Balaban J connectivity index is 2.95. The van der Waals surface area contributed by atoms with Crippen molar-refractivity contribution in [1.82, 2.24) is 5.32 Å². The summed E-state index contributed by atoms with van der Waals surface area (Å²) in [6.45, 7) is 4.23. The van der Waals surface area contributed by atoms with Gasteiger partial charge in [0.05, 0.1) is 19.1 Å². The molecule has 6 nitrogen and oxygen atoms in total. The summed E-state index contributed by atoms with van der Waals surface area (Å²) in [4.78, 5) is 12.1. The van der Waals surface area contributed by atoms with Crippen LogP contribution in [0.3, 0.4) is 0 Å². The molecule has 0 aliphatic rings. The number of nitrogens with zero attached hydrogens (tertiary/aromatic N) is 1. The molecular weight excluding hydrogens is 316 g/mol. The van der Waals surface area contributed by atoms with Gasteiger partial charge in [-0.2, -0.15) is 0 Å². The van der Waals surface area contributed by atoms with Gasteiger partial charge in [-0.3, -0.25) is 9.10 Å². The van der Waals surface area contributed by atoms with Crippen LogP contribution in [0.25, 0.3) is 0 Å². The van der Waals surface area contributed by atoms with Gasteiger partial charge in [-0.05, 0) is 31.0 Å². The Bertz CT molecular complexity index is 629. The van der Waals surface area contributed by atoms with E-state index in [-0.39, 0.29) is 12.5 Å². The Hall–Kier alpha value is -1.76. The minimum atomic E-state index is -3.61. The van der Waals surface area contributed by atoms with Crippen LogP contribution in [0.4, 0.5) is 5.69 Å². The molecule has 0 unspecified atom stereocenters. The molecule has 0 fully saturated rings. The van der Waals surface area contributed by atoms with Crippen LogP contribution in [-0.2, 0) is 14.8 Å². The molecule has 0 saturated carbocycles. The van der Waals surface area contributed by atoms with Gasteiger partial charge in [0, 0.05) is 6.54 Å². The van der Waals surface area contributed by atoms with E-state index >= 15 is 0 Å². The quantitative estimate of drug-likeness (QED) is 0.697. The lowest BCUT2D eigenvalue weighted by Gasteiger charge is -2.24. The molecular formula is C16H26N2O4S. The van der Waals surface area contributed by atoms with Gasteiger partial charge >= 0.3 is 0 Å². The summed E-state index contributed by atoms with van der Waals surface area (Å²) < 4.78 is 30.5. The summed E-state index contributed by atoms with van der Waals surface area (Å²) in [7, 11) is -2.13. The first kappa shape index (κ1) is 19.3. The number of anilines is 1. The van der Waals surface area contributed by atoms with Gasteiger partial charge < -0.3 is 10.1 Å². The molecule has 0 aromatic heterocycles. The minimum absolute atomic E-state index is 0.259. The molecule has 1 aromatic carbocycles. The van der Waals surface area contributed by atoms with Crippen LogP contribution in [0.2, 0.25) is 0 Å². The van der Waals surface area contributed by atoms with Crippen molar-refractivity contribution < 1.29 is 17.9 Å². The monoisotopic (exact) mass is 342 g/mol. The highest BCUT2D eigenvalue weighted by atomic mass is 32.2. The molecule has 1 amide bonds. The molecule has 0 spiro atoms. The number of amides is 1.